The van der Waals surface area contributed by atoms with Crippen molar-refractivity contribution < 1.29 is 4.79 Å². The Hall–Kier alpha value is -1.88. The standard InChI is InChI=1S/C14H15ClN4O/c15-12-6-11(7-16-8-12)14(20)19-5-1-2-10(9-19)13-3-4-17-18-13/h3-4,6-8,10H,1-2,5,9H2,(H,17,18). The first kappa shape index (κ1) is 13.1. The van der Waals surface area contributed by atoms with Crippen LogP contribution in [0.5, 0.6) is 0 Å². The van der Waals surface area contributed by atoms with Crippen LogP contribution in [0.3, 0.4) is 0 Å². The van der Waals surface area contributed by atoms with E-state index in [-0.39, 0.29) is 5.91 Å². The number of nitrogens with one attached hydrogen (secondary N) is 1. The van der Waals surface area contributed by atoms with Crippen LogP contribution in [0, 0.1) is 0 Å². The number of amides is 1. The fourth-order valence-electron chi connectivity index (χ4n) is 2.62. The molecule has 1 amide bonds. The molecule has 1 fully saturated rings. The maximum atomic E-state index is 12.5. The summed E-state index contributed by atoms with van der Waals surface area (Å²) in [6.07, 6.45) is 6.90. The average Bonchev–Trinajstić information content (AvgIpc) is 3.01. The highest BCUT2D eigenvalue weighted by atomic mass is 35.5. The second kappa shape index (κ2) is 5.63. The highest BCUT2D eigenvalue weighted by molar-refractivity contribution is 6.30. The van der Waals surface area contributed by atoms with Crippen molar-refractivity contribution in [1.82, 2.24) is 20.1 Å². The first-order valence-electron chi connectivity index (χ1n) is 6.63. The Balaban J connectivity index is 1.75. The fourth-order valence-corrected chi connectivity index (χ4v) is 2.79. The predicted octanol–water partition coefficient (Wildman–Crippen LogP) is 2.48. The third-order valence-electron chi connectivity index (χ3n) is 3.62. The van der Waals surface area contributed by atoms with Gasteiger partial charge in [0.15, 0.2) is 0 Å². The van der Waals surface area contributed by atoms with Crippen molar-refractivity contribution in [2.75, 3.05) is 13.1 Å². The number of pyridine rings is 1. The van der Waals surface area contributed by atoms with Gasteiger partial charge in [0.25, 0.3) is 5.91 Å². The van der Waals surface area contributed by atoms with Gasteiger partial charge in [-0.15, -0.1) is 0 Å². The van der Waals surface area contributed by atoms with Crippen LogP contribution in [0.15, 0.2) is 30.7 Å². The number of halogens is 1. The number of piperidine rings is 1. The lowest BCUT2D eigenvalue weighted by Crippen LogP contribution is -2.39. The number of nitrogens with zero attached hydrogens (tertiary/aromatic N) is 3. The van der Waals surface area contributed by atoms with Crippen LogP contribution in [-0.4, -0.2) is 39.1 Å². The second-order valence-electron chi connectivity index (χ2n) is 4.99. The summed E-state index contributed by atoms with van der Waals surface area (Å²) < 4.78 is 0. The molecule has 20 heavy (non-hydrogen) atoms. The quantitative estimate of drug-likeness (QED) is 0.924. The summed E-state index contributed by atoms with van der Waals surface area (Å²) in [4.78, 5) is 18.3. The molecular formula is C14H15ClN4O. The Morgan fingerprint density at radius 3 is 3.10 bits per heavy atom. The van der Waals surface area contributed by atoms with Gasteiger partial charge >= 0.3 is 0 Å². The lowest BCUT2D eigenvalue weighted by molar-refractivity contribution is 0.0705. The molecule has 6 heteroatoms. The van der Waals surface area contributed by atoms with Gasteiger partial charge in [-0.2, -0.15) is 5.10 Å². The van der Waals surface area contributed by atoms with Crippen LogP contribution in [0.1, 0.15) is 34.8 Å². The van der Waals surface area contributed by atoms with Crippen molar-refractivity contribution in [1.29, 1.82) is 0 Å². The molecule has 104 valence electrons. The van der Waals surface area contributed by atoms with E-state index in [2.05, 4.69) is 15.2 Å². The molecule has 1 unspecified atom stereocenters. The molecule has 5 nitrogen and oxygen atoms in total. The smallest absolute Gasteiger partial charge is 0.255 e. The van der Waals surface area contributed by atoms with Gasteiger partial charge in [0.05, 0.1) is 10.6 Å². The molecule has 0 saturated carbocycles. The van der Waals surface area contributed by atoms with Crippen LogP contribution in [0.2, 0.25) is 5.02 Å². The van der Waals surface area contributed by atoms with E-state index in [9.17, 15) is 4.79 Å². The van der Waals surface area contributed by atoms with Crippen molar-refractivity contribution in [3.63, 3.8) is 0 Å². The Morgan fingerprint density at radius 1 is 1.45 bits per heavy atom. The van der Waals surface area contributed by atoms with Crippen molar-refractivity contribution >= 4 is 17.5 Å². The molecule has 0 radical (unpaired) electrons. The third kappa shape index (κ3) is 2.67. The molecule has 1 saturated heterocycles. The van der Waals surface area contributed by atoms with Crippen molar-refractivity contribution in [2.24, 2.45) is 0 Å². The molecule has 1 atom stereocenters. The molecule has 2 aromatic rings. The lowest BCUT2D eigenvalue weighted by atomic mass is 9.94. The molecule has 1 aliphatic rings. The van der Waals surface area contributed by atoms with E-state index < -0.39 is 0 Å². The molecule has 3 rings (SSSR count). The largest absolute Gasteiger partial charge is 0.338 e. The number of hydrogen-bond acceptors (Lipinski definition) is 3. The van der Waals surface area contributed by atoms with E-state index in [1.807, 2.05) is 11.0 Å². The van der Waals surface area contributed by atoms with Gasteiger partial charge < -0.3 is 4.90 Å². The Morgan fingerprint density at radius 2 is 2.35 bits per heavy atom. The first-order valence-corrected chi connectivity index (χ1v) is 7.01. The molecule has 2 aromatic heterocycles. The Labute approximate surface area is 122 Å². The number of rotatable bonds is 2. The predicted molar refractivity (Wildman–Crippen MR) is 75.7 cm³/mol. The summed E-state index contributed by atoms with van der Waals surface area (Å²) in [6.45, 7) is 1.48. The van der Waals surface area contributed by atoms with Gasteiger partial charge in [-0.3, -0.25) is 14.9 Å². The monoisotopic (exact) mass is 290 g/mol. The Kier molecular flexibility index (Phi) is 3.69. The normalized spacial score (nSPS) is 19.1. The van der Waals surface area contributed by atoms with Gasteiger partial charge in [-0.25, -0.2) is 0 Å². The van der Waals surface area contributed by atoms with E-state index in [0.717, 1.165) is 25.1 Å². The molecule has 3 heterocycles. The minimum atomic E-state index is -0.00999. The second-order valence-corrected chi connectivity index (χ2v) is 5.43. The molecule has 1 N–H and O–H groups in total. The maximum Gasteiger partial charge on any atom is 0.255 e. The van der Waals surface area contributed by atoms with Crippen LogP contribution in [-0.2, 0) is 0 Å². The van der Waals surface area contributed by atoms with E-state index in [0.29, 0.717) is 23.0 Å². The number of H-pyrrole nitrogens is 1. The molecule has 1 aliphatic heterocycles. The van der Waals surface area contributed by atoms with E-state index >= 15 is 0 Å². The SMILES string of the molecule is O=C(c1cncc(Cl)c1)N1CCCC(c2ccn[nH]2)C1. The third-order valence-corrected chi connectivity index (χ3v) is 3.83. The van der Waals surface area contributed by atoms with Crippen molar-refractivity contribution in [3.8, 4) is 0 Å². The Bertz CT molecular complexity index is 599. The van der Waals surface area contributed by atoms with Gasteiger partial charge in [-0.1, -0.05) is 11.6 Å². The van der Waals surface area contributed by atoms with Crippen LogP contribution in [0.25, 0.3) is 0 Å². The van der Waals surface area contributed by atoms with Gasteiger partial charge in [0.1, 0.15) is 0 Å². The van der Waals surface area contributed by atoms with Crippen LogP contribution in [0.4, 0.5) is 0 Å². The summed E-state index contributed by atoms with van der Waals surface area (Å²) >= 11 is 5.89. The van der Waals surface area contributed by atoms with Crippen molar-refractivity contribution in [3.05, 3.63) is 47.0 Å². The molecule has 0 aliphatic carbocycles. The minimum absolute atomic E-state index is 0.00999. The van der Waals surface area contributed by atoms with Gasteiger partial charge in [-0.05, 0) is 25.0 Å². The topological polar surface area (TPSA) is 61.9 Å². The summed E-state index contributed by atoms with van der Waals surface area (Å²) in [5.41, 5.74) is 1.63. The number of hydrogen-bond donors (Lipinski definition) is 1. The lowest BCUT2D eigenvalue weighted by Gasteiger charge is -2.32. The summed E-state index contributed by atoms with van der Waals surface area (Å²) in [5, 5.41) is 7.46. The van der Waals surface area contributed by atoms with E-state index in [1.54, 1.807) is 18.5 Å². The fraction of sp³-hybridized carbons (Fsp3) is 0.357. The van der Waals surface area contributed by atoms with Gasteiger partial charge in [0, 0.05) is 43.3 Å². The van der Waals surface area contributed by atoms with E-state index in [4.69, 9.17) is 11.6 Å². The minimum Gasteiger partial charge on any atom is -0.338 e. The number of carbonyl (C=O) groups is 1. The summed E-state index contributed by atoms with van der Waals surface area (Å²) in [7, 11) is 0. The highest BCUT2D eigenvalue weighted by Gasteiger charge is 2.26. The number of carbonyl (C=O) groups excluding carboxylic acids is 1. The first-order chi connectivity index (χ1) is 9.74. The molecule has 0 aromatic carbocycles. The molecule has 0 spiro atoms. The van der Waals surface area contributed by atoms with Gasteiger partial charge in [0.2, 0.25) is 0 Å². The molecular weight excluding hydrogens is 276 g/mol. The number of likely N-dealkylation sites (tertiary alicyclic amines) is 1. The zero-order chi connectivity index (χ0) is 13.9. The zero-order valence-electron chi connectivity index (χ0n) is 10.9. The molecule has 0 bridgehead atoms. The van der Waals surface area contributed by atoms with Crippen molar-refractivity contribution in [2.45, 2.75) is 18.8 Å². The van der Waals surface area contributed by atoms with Crippen LogP contribution >= 0.6 is 11.6 Å². The van der Waals surface area contributed by atoms with E-state index in [1.165, 1.54) is 6.20 Å². The highest BCUT2D eigenvalue weighted by Crippen LogP contribution is 2.26. The number of aromatic amines is 1. The number of aromatic nitrogens is 3. The average molecular weight is 291 g/mol. The van der Waals surface area contributed by atoms with Crippen LogP contribution < -0.4 is 0 Å². The summed E-state index contributed by atoms with van der Waals surface area (Å²) in [6, 6.07) is 3.64. The maximum absolute atomic E-state index is 12.5. The summed E-state index contributed by atoms with van der Waals surface area (Å²) in [5.74, 6) is 0.312. The zero-order valence-corrected chi connectivity index (χ0v) is 11.7.